The maximum Gasteiger partial charge on any atom is 0.166 e. The Hall–Kier alpha value is -2.56. The van der Waals surface area contributed by atoms with E-state index in [2.05, 4.69) is 17.4 Å². The summed E-state index contributed by atoms with van der Waals surface area (Å²) in [5, 5.41) is 3.79. The van der Waals surface area contributed by atoms with E-state index in [0.717, 1.165) is 24.1 Å². The minimum Gasteiger partial charge on any atom is -0.493 e. The van der Waals surface area contributed by atoms with Crippen LogP contribution in [-0.2, 0) is 19.6 Å². The summed E-state index contributed by atoms with van der Waals surface area (Å²) in [6, 6.07) is 20.4. The monoisotopic (exact) mass is 399 g/mol. The Morgan fingerprint density at radius 3 is 2.54 bits per heavy atom. The fourth-order valence-electron chi connectivity index (χ4n) is 2.91. The van der Waals surface area contributed by atoms with Crippen molar-refractivity contribution in [2.75, 3.05) is 13.7 Å². The molecule has 3 aromatic carbocycles. The van der Waals surface area contributed by atoms with Crippen LogP contribution in [0.4, 0.5) is 4.39 Å². The number of hydrogen-bond acceptors (Lipinski definition) is 3. The molecule has 0 radical (unpaired) electrons. The summed E-state index contributed by atoms with van der Waals surface area (Å²) < 4.78 is 24.7. The lowest BCUT2D eigenvalue weighted by Gasteiger charge is -2.16. The highest BCUT2D eigenvalue weighted by atomic mass is 35.5. The molecule has 0 aliphatic carbocycles. The van der Waals surface area contributed by atoms with Crippen molar-refractivity contribution in [2.24, 2.45) is 0 Å². The number of methoxy groups -OCH3 is 1. The molecule has 3 rings (SSSR count). The van der Waals surface area contributed by atoms with Gasteiger partial charge in [0.1, 0.15) is 12.4 Å². The highest BCUT2D eigenvalue weighted by molar-refractivity contribution is 6.31. The van der Waals surface area contributed by atoms with Gasteiger partial charge >= 0.3 is 0 Å². The highest BCUT2D eigenvalue weighted by Crippen LogP contribution is 2.32. The van der Waals surface area contributed by atoms with Crippen molar-refractivity contribution in [1.29, 1.82) is 0 Å². The van der Waals surface area contributed by atoms with Crippen LogP contribution in [0.25, 0.3) is 0 Å². The number of rotatable bonds is 9. The van der Waals surface area contributed by atoms with Crippen LogP contribution >= 0.6 is 11.6 Å². The Morgan fingerprint density at radius 1 is 0.964 bits per heavy atom. The van der Waals surface area contributed by atoms with Gasteiger partial charge in [0.2, 0.25) is 0 Å². The third kappa shape index (κ3) is 5.47. The van der Waals surface area contributed by atoms with Gasteiger partial charge in [0.15, 0.2) is 11.5 Å². The molecular formula is C23H23ClFNO2. The number of ether oxygens (including phenoxy) is 2. The Labute approximate surface area is 170 Å². The zero-order valence-electron chi connectivity index (χ0n) is 15.8. The Bertz CT molecular complexity index is 902. The van der Waals surface area contributed by atoms with E-state index in [1.165, 1.54) is 17.7 Å². The van der Waals surface area contributed by atoms with Crippen molar-refractivity contribution in [3.8, 4) is 11.5 Å². The van der Waals surface area contributed by atoms with E-state index in [4.69, 9.17) is 21.1 Å². The first-order chi connectivity index (χ1) is 13.7. The first kappa shape index (κ1) is 20.2. The van der Waals surface area contributed by atoms with Gasteiger partial charge in [0.25, 0.3) is 0 Å². The van der Waals surface area contributed by atoms with Crippen molar-refractivity contribution >= 4 is 11.6 Å². The van der Waals surface area contributed by atoms with Crippen molar-refractivity contribution < 1.29 is 13.9 Å². The molecule has 0 fully saturated rings. The predicted octanol–water partition coefficient (Wildman–Crippen LogP) is 5.40. The summed E-state index contributed by atoms with van der Waals surface area (Å²) in [5.41, 5.74) is 3.01. The number of nitrogens with one attached hydrogen (secondary N) is 1. The van der Waals surface area contributed by atoms with Crippen LogP contribution in [0.15, 0.2) is 66.7 Å². The van der Waals surface area contributed by atoms with Gasteiger partial charge in [-0.25, -0.2) is 4.39 Å². The molecule has 0 aromatic heterocycles. The molecule has 0 heterocycles. The minimum absolute atomic E-state index is 0.233. The summed E-state index contributed by atoms with van der Waals surface area (Å²) in [6.07, 6.45) is 0.951. The molecule has 3 nitrogen and oxygen atoms in total. The minimum atomic E-state index is -0.366. The SMILES string of the molecule is COc1cccc(CNCCc2ccccc2)c1OCc1ccc(F)cc1Cl. The van der Waals surface area contributed by atoms with E-state index in [0.29, 0.717) is 23.1 Å². The molecular weight excluding hydrogens is 377 g/mol. The average Bonchev–Trinajstić information content (AvgIpc) is 2.71. The smallest absolute Gasteiger partial charge is 0.166 e. The quantitative estimate of drug-likeness (QED) is 0.489. The maximum absolute atomic E-state index is 13.2. The topological polar surface area (TPSA) is 30.5 Å². The lowest BCUT2D eigenvalue weighted by Crippen LogP contribution is -2.17. The van der Waals surface area contributed by atoms with Crippen LogP contribution in [-0.4, -0.2) is 13.7 Å². The van der Waals surface area contributed by atoms with E-state index in [1.54, 1.807) is 13.2 Å². The Kier molecular flexibility index (Phi) is 7.29. The van der Waals surface area contributed by atoms with E-state index in [-0.39, 0.29) is 12.4 Å². The van der Waals surface area contributed by atoms with Gasteiger partial charge < -0.3 is 14.8 Å². The zero-order chi connectivity index (χ0) is 19.8. The largest absolute Gasteiger partial charge is 0.493 e. The summed E-state index contributed by atoms with van der Waals surface area (Å²) in [5.74, 6) is 0.951. The summed E-state index contributed by atoms with van der Waals surface area (Å²) >= 11 is 6.11. The molecule has 0 saturated carbocycles. The normalized spacial score (nSPS) is 10.7. The van der Waals surface area contributed by atoms with Gasteiger partial charge in [-0.2, -0.15) is 0 Å². The molecule has 0 aliphatic heterocycles. The molecule has 0 bridgehead atoms. The number of halogens is 2. The number of hydrogen-bond donors (Lipinski definition) is 1. The van der Waals surface area contributed by atoms with Gasteiger partial charge in [-0.15, -0.1) is 0 Å². The fourth-order valence-corrected chi connectivity index (χ4v) is 3.14. The van der Waals surface area contributed by atoms with Crippen LogP contribution in [0.2, 0.25) is 5.02 Å². The summed E-state index contributed by atoms with van der Waals surface area (Å²) in [6.45, 7) is 1.73. The van der Waals surface area contributed by atoms with E-state index in [9.17, 15) is 4.39 Å². The van der Waals surface area contributed by atoms with Crippen molar-refractivity contribution in [2.45, 2.75) is 19.6 Å². The van der Waals surface area contributed by atoms with Crippen LogP contribution in [0.3, 0.4) is 0 Å². The van der Waals surface area contributed by atoms with Crippen LogP contribution < -0.4 is 14.8 Å². The second-order valence-electron chi connectivity index (χ2n) is 6.39. The molecule has 0 unspecified atom stereocenters. The molecule has 0 aliphatic rings. The van der Waals surface area contributed by atoms with Gasteiger partial charge in [0.05, 0.1) is 12.1 Å². The second kappa shape index (κ2) is 10.1. The molecule has 28 heavy (non-hydrogen) atoms. The first-order valence-electron chi connectivity index (χ1n) is 9.14. The standard InChI is InChI=1S/C23H23ClFNO2/c1-27-22-9-5-8-18(15-26-13-12-17-6-3-2-4-7-17)23(22)28-16-19-10-11-20(25)14-21(19)24/h2-11,14,26H,12-13,15-16H2,1H3. The van der Waals surface area contributed by atoms with E-state index in [1.807, 2.05) is 36.4 Å². The third-order valence-electron chi connectivity index (χ3n) is 4.42. The number of para-hydroxylation sites is 1. The third-order valence-corrected chi connectivity index (χ3v) is 4.77. The van der Waals surface area contributed by atoms with Crippen LogP contribution in [0.1, 0.15) is 16.7 Å². The van der Waals surface area contributed by atoms with Crippen LogP contribution in [0.5, 0.6) is 11.5 Å². The highest BCUT2D eigenvalue weighted by Gasteiger charge is 2.12. The summed E-state index contributed by atoms with van der Waals surface area (Å²) in [7, 11) is 1.61. The second-order valence-corrected chi connectivity index (χ2v) is 6.79. The molecule has 0 atom stereocenters. The fraction of sp³-hybridized carbons (Fsp3) is 0.217. The van der Waals surface area contributed by atoms with Crippen molar-refractivity contribution in [3.05, 3.63) is 94.3 Å². The Morgan fingerprint density at radius 2 is 1.79 bits per heavy atom. The van der Waals surface area contributed by atoms with Gasteiger partial charge in [-0.1, -0.05) is 60.1 Å². The molecule has 5 heteroatoms. The molecule has 1 N–H and O–H groups in total. The maximum atomic E-state index is 13.2. The molecule has 0 spiro atoms. The molecule has 0 saturated heterocycles. The Balaban J connectivity index is 1.64. The first-order valence-corrected chi connectivity index (χ1v) is 9.52. The van der Waals surface area contributed by atoms with E-state index < -0.39 is 0 Å². The molecule has 146 valence electrons. The van der Waals surface area contributed by atoms with E-state index >= 15 is 0 Å². The van der Waals surface area contributed by atoms with Gasteiger partial charge in [-0.05, 0) is 36.7 Å². The van der Waals surface area contributed by atoms with Gasteiger partial charge in [0, 0.05) is 17.7 Å². The molecule has 3 aromatic rings. The lowest BCUT2D eigenvalue weighted by atomic mass is 10.1. The van der Waals surface area contributed by atoms with Crippen LogP contribution in [0, 0.1) is 5.82 Å². The van der Waals surface area contributed by atoms with Gasteiger partial charge in [-0.3, -0.25) is 0 Å². The molecule has 0 amide bonds. The van der Waals surface area contributed by atoms with Crippen molar-refractivity contribution in [3.63, 3.8) is 0 Å². The zero-order valence-corrected chi connectivity index (χ0v) is 16.5. The number of benzene rings is 3. The van der Waals surface area contributed by atoms with Crippen molar-refractivity contribution in [1.82, 2.24) is 5.32 Å². The summed E-state index contributed by atoms with van der Waals surface area (Å²) in [4.78, 5) is 0. The predicted molar refractivity (Wildman–Crippen MR) is 111 cm³/mol. The lowest BCUT2D eigenvalue weighted by molar-refractivity contribution is 0.280. The average molecular weight is 400 g/mol.